The van der Waals surface area contributed by atoms with Gasteiger partial charge < -0.3 is 14.4 Å². The number of hydrogen-bond donors (Lipinski definition) is 0. The standard InChI is InChI=1S/C20H18F2N2O3/c21-18-4-2-1-3-15(18)12-26-13-16-11-24(7-8-27-16)20(25)17-6-5-14(10-23)9-19(17)22/h1-6,9,16H,7-8,11-13H2. The Bertz CT molecular complexity index is 867. The fraction of sp³-hybridized carbons (Fsp3) is 0.300. The van der Waals surface area contributed by atoms with E-state index in [0.29, 0.717) is 18.7 Å². The van der Waals surface area contributed by atoms with E-state index in [1.165, 1.54) is 23.1 Å². The SMILES string of the molecule is N#Cc1ccc(C(=O)N2CCOC(COCc3ccccc3F)C2)c(F)c1. The van der Waals surface area contributed by atoms with Gasteiger partial charge in [0.1, 0.15) is 11.6 Å². The first-order chi connectivity index (χ1) is 13.1. The Morgan fingerprint density at radius 1 is 1.26 bits per heavy atom. The van der Waals surface area contributed by atoms with Crippen LogP contribution in [0.4, 0.5) is 8.78 Å². The van der Waals surface area contributed by atoms with Gasteiger partial charge in [-0.25, -0.2) is 8.78 Å². The number of rotatable bonds is 5. The molecule has 1 aliphatic rings. The molecule has 1 heterocycles. The number of amides is 1. The van der Waals surface area contributed by atoms with E-state index in [1.807, 2.05) is 6.07 Å². The zero-order valence-electron chi connectivity index (χ0n) is 14.5. The average molecular weight is 372 g/mol. The lowest BCUT2D eigenvalue weighted by Gasteiger charge is -2.33. The van der Waals surface area contributed by atoms with E-state index in [2.05, 4.69) is 0 Å². The highest BCUT2D eigenvalue weighted by Gasteiger charge is 2.27. The summed E-state index contributed by atoms with van der Waals surface area (Å²) in [5.41, 5.74) is 0.522. The summed E-state index contributed by atoms with van der Waals surface area (Å²) >= 11 is 0. The third-order valence-electron chi connectivity index (χ3n) is 4.27. The first-order valence-corrected chi connectivity index (χ1v) is 8.50. The van der Waals surface area contributed by atoms with Gasteiger partial charge in [-0.1, -0.05) is 18.2 Å². The normalized spacial score (nSPS) is 16.8. The minimum Gasteiger partial charge on any atom is -0.374 e. The molecule has 2 aromatic rings. The summed E-state index contributed by atoms with van der Waals surface area (Å²) in [5.74, 6) is -1.52. The Morgan fingerprint density at radius 2 is 2.07 bits per heavy atom. The molecule has 0 bridgehead atoms. The molecule has 3 rings (SSSR count). The molecule has 0 aromatic heterocycles. The second-order valence-corrected chi connectivity index (χ2v) is 6.16. The molecule has 0 saturated carbocycles. The van der Waals surface area contributed by atoms with Gasteiger partial charge in [0.25, 0.3) is 5.91 Å². The lowest BCUT2D eigenvalue weighted by molar-refractivity contribution is -0.0650. The van der Waals surface area contributed by atoms with E-state index in [0.717, 1.165) is 6.07 Å². The average Bonchev–Trinajstić information content (AvgIpc) is 2.69. The molecule has 1 fully saturated rings. The van der Waals surface area contributed by atoms with Crippen LogP contribution < -0.4 is 0 Å². The fourth-order valence-electron chi connectivity index (χ4n) is 2.85. The maximum atomic E-state index is 14.1. The van der Waals surface area contributed by atoms with Crippen molar-refractivity contribution in [2.75, 3.05) is 26.3 Å². The van der Waals surface area contributed by atoms with Crippen LogP contribution in [-0.2, 0) is 16.1 Å². The van der Waals surface area contributed by atoms with Gasteiger partial charge in [0.2, 0.25) is 0 Å². The highest BCUT2D eigenvalue weighted by Crippen LogP contribution is 2.16. The molecular formula is C20H18F2N2O3. The van der Waals surface area contributed by atoms with E-state index in [4.69, 9.17) is 14.7 Å². The van der Waals surface area contributed by atoms with Gasteiger partial charge in [-0.15, -0.1) is 0 Å². The predicted octanol–water partition coefficient (Wildman–Crippen LogP) is 2.89. The van der Waals surface area contributed by atoms with Crippen molar-refractivity contribution < 1.29 is 23.0 Å². The minimum absolute atomic E-state index is 0.0816. The molecular weight excluding hydrogens is 354 g/mol. The van der Waals surface area contributed by atoms with Crippen LogP contribution in [0.15, 0.2) is 42.5 Å². The van der Waals surface area contributed by atoms with Crippen molar-refractivity contribution in [3.63, 3.8) is 0 Å². The molecule has 0 N–H and O–H groups in total. The van der Waals surface area contributed by atoms with Crippen LogP contribution in [-0.4, -0.2) is 43.2 Å². The molecule has 1 unspecified atom stereocenters. The number of halogens is 2. The van der Waals surface area contributed by atoms with Crippen LogP contribution in [0, 0.1) is 23.0 Å². The topological polar surface area (TPSA) is 62.6 Å². The summed E-state index contributed by atoms with van der Waals surface area (Å²) in [4.78, 5) is 14.1. The van der Waals surface area contributed by atoms with Gasteiger partial charge in [-0.3, -0.25) is 4.79 Å². The summed E-state index contributed by atoms with van der Waals surface area (Å²) < 4.78 is 38.8. The Balaban J connectivity index is 1.57. The minimum atomic E-state index is -0.724. The zero-order chi connectivity index (χ0) is 19.2. The summed E-state index contributed by atoms with van der Waals surface area (Å²) in [6.45, 7) is 1.17. The molecule has 2 aromatic carbocycles. The molecule has 140 valence electrons. The van der Waals surface area contributed by atoms with Crippen LogP contribution in [0.5, 0.6) is 0 Å². The third-order valence-corrected chi connectivity index (χ3v) is 4.27. The van der Waals surface area contributed by atoms with Gasteiger partial charge in [0.15, 0.2) is 0 Å². The summed E-state index contributed by atoms with van der Waals surface area (Å²) in [6.07, 6.45) is -0.379. The number of nitriles is 1. The molecule has 1 aliphatic heterocycles. The molecule has 1 amide bonds. The van der Waals surface area contributed by atoms with E-state index in [1.54, 1.807) is 18.2 Å². The van der Waals surface area contributed by atoms with Gasteiger partial charge in [0.05, 0.1) is 43.1 Å². The quantitative estimate of drug-likeness (QED) is 0.810. The number of carbonyl (C=O) groups excluding carboxylic acids is 1. The van der Waals surface area contributed by atoms with Crippen LogP contribution in [0.3, 0.4) is 0 Å². The second kappa shape index (κ2) is 8.71. The molecule has 0 spiro atoms. The first kappa shape index (κ1) is 19.0. The van der Waals surface area contributed by atoms with E-state index in [-0.39, 0.29) is 42.8 Å². The molecule has 7 heteroatoms. The molecule has 0 aliphatic carbocycles. The van der Waals surface area contributed by atoms with Crippen molar-refractivity contribution in [1.82, 2.24) is 4.90 Å². The van der Waals surface area contributed by atoms with Crippen molar-refractivity contribution in [2.45, 2.75) is 12.7 Å². The maximum absolute atomic E-state index is 14.1. The summed E-state index contributed by atoms with van der Waals surface area (Å²) in [6, 6.07) is 11.9. The Morgan fingerprint density at radius 3 is 2.81 bits per heavy atom. The van der Waals surface area contributed by atoms with Crippen LogP contribution in [0.25, 0.3) is 0 Å². The molecule has 0 radical (unpaired) electrons. The zero-order valence-corrected chi connectivity index (χ0v) is 14.5. The predicted molar refractivity (Wildman–Crippen MR) is 92.8 cm³/mol. The van der Waals surface area contributed by atoms with Gasteiger partial charge >= 0.3 is 0 Å². The van der Waals surface area contributed by atoms with Crippen molar-refractivity contribution in [3.05, 3.63) is 70.8 Å². The first-order valence-electron chi connectivity index (χ1n) is 8.50. The van der Waals surface area contributed by atoms with E-state index >= 15 is 0 Å². The van der Waals surface area contributed by atoms with Crippen molar-refractivity contribution in [3.8, 4) is 6.07 Å². The molecule has 5 nitrogen and oxygen atoms in total. The molecule has 1 saturated heterocycles. The van der Waals surface area contributed by atoms with E-state index in [9.17, 15) is 13.6 Å². The number of hydrogen-bond acceptors (Lipinski definition) is 4. The monoisotopic (exact) mass is 372 g/mol. The van der Waals surface area contributed by atoms with Gasteiger partial charge in [-0.05, 0) is 24.3 Å². The summed E-state index contributed by atoms with van der Waals surface area (Å²) in [5, 5.41) is 8.79. The number of morpholine rings is 1. The van der Waals surface area contributed by atoms with E-state index < -0.39 is 11.7 Å². The van der Waals surface area contributed by atoms with Crippen molar-refractivity contribution in [1.29, 1.82) is 5.26 Å². The lowest BCUT2D eigenvalue weighted by Crippen LogP contribution is -2.47. The highest BCUT2D eigenvalue weighted by atomic mass is 19.1. The lowest BCUT2D eigenvalue weighted by atomic mass is 10.1. The van der Waals surface area contributed by atoms with Gasteiger partial charge in [-0.2, -0.15) is 5.26 Å². The van der Waals surface area contributed by atoms with Gasteiger partial charge in [0, 0.05) is 18.7 Å². The third kappa shape index (κ3) is 4.67. The molecule has 1 atom stereocenters. The smallest absolute Gasteiger partial charge is 0.256 e. The molecule has 27 heavy (non-hydrogen) atoms. The van der Waals surface area contributed by atoms with Crippen LogP contribution in [0.1, 0.15) is 21.5 Å². The van der Waals surface area contributed by atoms with Crippen LogP contribution in [0.2, 0.25) is 0 Å². The summed E-state index contributed by atoms with van der Waals surface area (Å²) in [7, 11) is 0. The largest absolute Gasteiger partial charge is 0.374 e. The highest BCUT2D eigenvalue weighted by molar-refractivity contribution is 5.94. The number of carbonyl (C=O) groups is 1. The second-order valence-electron chi connectivity index (χ2n) is 6.16. The Kier molecular flexibility index (Phi) is 6.12. The number of ether oxygens (including phenoxy) is 2. The Hall–Kier alpha value is -2.82. The van der Waals surface area contributed by atoms with Crippen LogP contribution >= 0.6 is 0 Å². The Labute approximate surface area is 155 Å². The maximum Gasteiger partial charge on any atom is 0.256 e. The fourth-order valence-corrected chi connectivity index (χ4v) is 2.85. The number of benzene rings is 2. The number of nitrogens with zero attached hydrogens (tertiary/aromatic N) is 2. The van der Waals surface area contributed by atoms with Crippen molar-refractivity contribution in [2.24, 2.45) is 0 Å². The van der Waals surface area contributed by atoms with Crippen molar-refractivity contribution >= 4 is 5.91 Å².